The number of benzene rings is 1. The standard InChI is InChI=1S/C21H17N5O4/c22-20(28)19(27)15(11-13-12-30-17-6-2-1-5-14(13)17)25-21(29)16-8-10-24-26(16)18-7-3-4-9-23-18/h1-10,12,15H,11H2,(H2,22,28)(H,25,29). The Hall–Kier alpha value is -4.27. The van der Waals surface area contributed by atoms with E-state index in [1.165, 1.54) is 23.2 Å². The minimum atomic E-state index is -1.16. The molecule has 0 radical (unpaired) electrons. The van der Waals surface area contributed by atoms with Crippen LogP contribution in [0.4, 0.5) is 0 Å². The molecule has 0 saturated heterocycles. The third-order valence-electron chi connectivity index (χ3n) is 4.59. The van der Waals surface area contributed by atoms with Crippen LogP contribution < -0.4 is 11.1 Å². The lowest BCUT2D eigenvalue weighted by Gasteiger charge is -2.16. The SMILES string of the molecule is NC(=O)C(=O)C(Cc1coc2ccccc12)NC(=O)c1ccnn1-c1ccccn1. The number of primary amides is 1. The summed E-state index contributed by atoms with van der Waals surface area (Å²) in [6.45, 7) is 0. The average molecular weight is 403 g/mol. The molecule has 1 atom stereocenters. The van der Waals surface area contributed by atoms with Crippen molar-refractivity contribution >= 4 is 28.6 Å². The van der Waals surface area contributed by atoms with E-state index in [1.54, 1.807) is 30.5 Å². The number of carbonyl (C=O) groups is 3. The topological polar surface area (TPSA) is 133 Å². The molecular formula is C21H17N5O4. The summed E-state index contributed by atoms with van der Waals surface area (Å²) in [5.41, 5.74) is 6.67. The molecule has 0 aliphatic rings. The van der Waals surface area contributed by atoms with Crippen LogP contribution in [0.15, 0.2) is 71.6 Å². The van der Waals surface area contributed by atoms with Gasteiger partial charge >= 0.3 is 0 Å². The summed E-state index contributed by atoms with van der Waals surface area (Å²) in [4.78, 5) is 41.0. The van der Waals surface area contributed by atoms with Gasteiger partial charge in [-0.15, -0.1) is 0 Å². The second-order valence-corrected chi connectivity index (χ2v) is 6.53. The van der Waals surface area contributed by atoms with Crippen LogP contribution >= 0.6 is 0 Å². The van der Waals surface area contributed by atoms with Crippen molar-refractivity contribution in [2.45, 2.75) is 12.5 Å². The predicted molar refractivity (Wildman–Crippen MR) is 107 cm³/mol. The van der Waals surface area contributed by atoms with Gasteiger partial charge in [0.15, 0.2) is 5.82 Å². The zero-order valence-corrected chi connectivity index (χ0v) is 15.7. The van der Waals surface area contributed by atoms with Gasteiger partial charge in [0.1, 0.15) is 17.3 Å². The molecule has 0 aliphatic heterocycles. The fourth-order valence-corrected chi connectivity index (χ4v) is 3.16. The van der Waals surface area contributed by atoms with Gasteiger partial charge in [-0.2, -0.15) is 5.10 Å². The second-order valence-electron chi connectivity index (χ2n) is 6.53. The number of nitrogens with one attached hydrogen (secondary N) is 1. The Morgan fingerprint density at radius 1 is 1.07 bits per heavy atom. The zero-order chi connectivity index (χ0) is 21.1. The van der Waals surface area contributed by atoms with Crippen molar-refractivity contribution in [2.24, 2.45) is 5.73 Å². The molecule has 1 aromatic carbocycles. The highest BCUT2D eigenvalue weighted by Crippen LogP contribution is 2.22. The fourth-order valence-electron chi connectivity index (χ4n) is 3.16. The van der Waals surface area contributed by atoms with Crippen LogP contribution in [-0.2, 0) is 16.0 Å². The lowest BCUT2D eigenvalue weighted by molar-refractivity contribution is -0.137. The number of aromatic nitrogens is 3. The normalized spacial score (nSPS) is 11.9. The number of pyridine rings is 1. The number of rotatable bonds is 7. The molecule has 3 N–H and O–H groups in total. The smallest absolute Gasteiger partial charge is 0.287 e. The Kier molecular flexibility index (Phi) is 5.08. The van der Waals surface area contributed by atoms with Gasteiger partial charge in [0.2, 0.25) is 5.78 Å². The van der Waals surface area contributed by atoms with Gasteiger partial charge in [-0.05, 0) is 24.3 Å². The monoisotopic (exact) mass is 403 g/mol. The average Bonchev–Trinajstić information content (AvgIpc) is 3.41. The van der Waals surface area contributed by atoms with Crippen LogP contribution in [0.2, 0.25) is 0 Å². The summed E-state index contributed by atoms with van der Waals surface area (Å²) in [5.74, 6) is -2.19. The minimum Gasteiger partial charge on any atom is -0.464 e. The maximum atomic E-state index is 12.9. The van der Waals surface area contributed by atoms with E-state index in [0.717, 1.165) is 5.39 Å². The van der Waals surface area contributed by atoms with Crippen molar-refractivity contribution in [3.05, 3.63) is 78.4 Å². The van der Waals surface area contributed by atoms with E-state index in [4.69, 9.17) is 10.2 Å². The molecule has 9 nitrogen and oxygen atoms in total. The van der Waals surface area contributed by atoms with Crippen molar-refractivity contribution < 1.29 is 18.8 Å². The summed E-state index contributed by atoms with van der Waals surface area (Å²) in [7, 11) is 0. The molecule has 4 rings (SSSR count). The zero-order valence-electron chi connectivity index (χ0n) is 15.7. The number of hydrogen-bond donors (Lipinski definition) is 2. The molecule has 0 fully saturated rings. The number of Topliss-reactive ketones (excluding diaryl/α,β-unsaturated/α-hetero) is 1. The van der Waals surface area contributed by atoms with Gasteiger partial charge in [-0.1, -0.05) is 24.3 Å². The van der Waals surface area contributed by atoms with Crippen LogP contribution in [0.25, 0.3) is 16.8 Å². The summed E-state index contributed by atoms with van der Waals surface area (Å²) in [6.07, 6.45) is 4.55. The number of nitrogens with two attached hydrogens (primary N) is 1. The van der Waals surface area contributed by atoms with Crippen molar-refractivity contribution in [2.75, 3.05) is 0 Å². The molecule has 0 spiro atoms. The van der Waals surface area contributed by atoms with E-state index in [9.17, 15) is 14.4 Å². The number of amides is 2. The predicted octanol–water partition coefficient (Wildman–Crippen LogP) is 1.41. The Labute approximate surface area is 170 Å². The molecular weight excluding hydrogens is 386 g/mol. The molecule has 3 aromatic heterocycles. The second kappa shape index (κ2) is 8.00. The van der Waals surface area contributed by atoms with E-state index in [1.807, 2.05) is 18.2 Å². The molecule has 9 heteroatoms. The van der Waals surface area contributed by atoms with Crippen LogP contribution in [0.1, 0.15) is 16.1 Å². The molecule has 2 amide bonds. The molecule has 0 saturated carbocycles. The van der Waals surface area contributed by atoms with Crippen molar-refractivity contribution in [3.63, 3.8) is 0 Å². The minimum absolute atomic E-state index is 0.0439. The van der Waals surface area contributed by atoms with Crippen LogP contribution in [0.5, 0.6) is 0 Å². The van der Waals surface area contributed by atoms with Crippen molar-refractivity contribution in [1.29, 1.82) is 0 Å². The summed E-state index contributed by atoms with van der Waals surface area (Å²) in [6, 6.07) is 12.8. The quantitative estimate of drug-likeness (QED) is 0.448. The lowest BCUT2D eigenvalue weighted by atomic mass is 10.0. The molecule has 0 bridgehead atoms. The van der Waals surface area contributed by atoms with Gasteiger partial charge in [-0.25, -0.2) is 9.67 Å². The van der Waals surface area contributed by atoms with Crippen LogP contribution in [-0.4, -0.2) is 38.4 Å². The fraction of sp³-hybridized carbons (Fsp3) is 0.0952. The van der Waals surface area contributed by atoms with Crippen LogP contribution in [0, 0.1) is 0 Å². The maximum Gasteiger partial charge on any atom is 0.287 e. The Morgan fingerprint density at radius 3 is 2.63 bits per heavy atom. The molecule has 1 unspecified atom stereocenters. The third-order valence-corrected chi connectivity index (χ3v) is 4.59. The Balaban J connectivity index is 1.62. The number of ketones is 1. The van der Waals surface area contributed by atoms with Gasteiger partial charge < -0.3 is 15.5 Å². The summed E-state index contributed by atoms with van der Waals surface area (Å²) < 4.78 is 6.82. The molecule has 3 heterocycles. The number of para-hydroxylation sites is 1. The van der Waals surface area contributed by atoms with E-state index >= 15 is 0 Å². The van der Waals surface area contributed by atoms with Gasteiger partial charge in [0.05, 0.1) is 12.5 Å². The highest BCUT2D eigenvalue weighted by atomic mass is 16.3. The number of fused-ring (bicyclic) bond motifs is 1. The first kappa shape index (κ1) is 19.1. The molecule has 4 aromatic rings. The largest absolute Gasteiger partial charge is 0.464 e. The first-order chi connectivity index (χ1) is 14.5. The highest BCUT2D eigenvalue weighted by Gasteiger charge is 2.28. The molecule has 0 aliphatic carbocycles. The number of hydrogen-bond acceptors (Lipinski definition) is 6. The highest BCUT2D eigenvalue weighted by molar-refractivity contribution is 6.38. The van der Waals surface area contributed by atoms with Gasteiger partial charge in [0.25, 0.3) is 11.8 Å². The van der Waals surface area contributed by atoms with E-state index in [-0.39, 0.29) is 12.1 Å². The van der Waals surface area contributed by atoms with Crippen LogP contribution in [0.3, 0.4) is 0 Å². The summed E-state index contributed by atoms with van der Waals surface area (Å²) >= 11 is 0. The lowest BCUT2D eigenvalue weighted by Crippen LogP contribution is -2.47. The van der Waals surface area contributed by atoms with E-state index in [2.05, 4.69) is 15.4 Å². The van der Waals surface area contributed by atoms with E-state index < -0.39 is 23.6 Å². The first-order valence-electron chi connectivity index (χ1n) is 9.09. The van der Waals surface area contributed by atoms with E-state index in [0.29, 0.717) is 17.0 Å². The Bertz CT molecular complexity index is 1230. The molecule has 30 heavy (non-hydrogen) atoms. The third kappa shape index (κ3) is 3.68. The van der Waals surface area contributed by atoms with Crippen molar-refractivity contribution in [1.82, 2.24) is 20.1 Å². The number of carbonyl (C=O) groups excluding carboxylic acids is 3. The number of nitrogens with zero attached hydrogens (tertiary/aromatic N) is 3. The first-order valence-corrected chi connectivity index (χ1v) is 9.09. The molecule has 150 valence electrons. The summed E-state index contributed by atoms with van der Waals surface area (Å²) in [5, 5.41) is 7.49. The van der Waals surface area contributed by atoms with Crippen molar-refractivity contribution in [3.8, 4) is 5.82 Å². The van der Waals surface area contributed by atoms with Gasteiger partial charge in [0, 0.05) is 23.6 Å². The maximum absolute atomic E-state index is 12.9. The number of furan rings is 1. The Morgan fingerprint density at radius 2 is 1.87 bits per heavy atom. The van der Waals surface area contributed by atoms with Gasteiger partial charge in [-0.3, -0.25) is 14.4 Å².